The van der Waals surface area contributed by atoms with Crippen LogP contribution in [0.3, 0.4) is 0 Å². The maximum absolute atomic E-state index is 13.1. The fraction of sp³-hybridized carbons (Fsp3) is 0.259. The minimum absolute atomic E-state index is 0.0499. The first-order chi connectivity index (χ1) is 17.5. The number of thiazole rings is 1. The molecule has 9 heteroatoms. The number of nitrogens with one attached hydrogen (secondary N) is 2. The third-order valence-corrected chi connectivity index (χ3v) is 7.45. The Kier molecular flexibility index (Phi) is 5.86. The van der Waals surface area contributed by atoms with Gasteiger partial charge in [-0.2, -0.15) is 5.06 Å². The maximum Gasteiger partial charge on any atom is 0.346 e. The molecule has 2 aromatic heterocycles. The number of benzene rings is 2. The topological polar surface area (TPSA) is 96.4 Å². The van der Waals surface area contributed by atoms with Crippen molar-refractivity contribution in [1.82, 2.24) is 15.0 Å². The van der Waals surface area contributed by atoms with Crippen molar-refractivity contribution in [2.24, 2.45) is 5.92 Å². The van der Waals surface area contributed by atoms with Crippen molar-refractivity contribution in [2.75, 3.05) is 17.2 Å². The summed E-state index contributed by atoms with van der Waals surface area (Å²) in [5, 5.41) is 7.95. The average molecular weight is 500 g/mol. The van der Waals surface area contributed by atoms with Gasteiger partial charge in [-0.3, -0.25) is 14.6 Å². The van der Waals surface area contributed by atoms with E-state index in [0.717, 1.165) is 46.2 Å². The normalized spacial score (nSPS) is 17.4. The first-order valence-corrected chi connectivity index (χ1v) is 12.8. The van der Waals surface area contributed by atoms with E-state index in [2.05, 4.69) is 20.6 Å². The lowest BCUT2D eigenvalue weighted by Crippen LogP contribution is -2.33. The van der Waals surface area contributed by atoms with Crippen molar-refractivity contribution < 1.29 is 14.4 Å². The Balaban J connectivity index is 1.22. The second-order valence-corrected chi connectivity index (χ2v) is 10.2. The molecule has 6 rings (SSSR count). The fourth-order valence-electron chi connectivity index (χ4n) is 4.35. The lowest BCUT2D eigenvalue weighted by molar-refractivity contribution is -0.117. The predicted octanol–water partition coefficient (Wildman–Crippen LogP) is 5.93. The first kappa shape index (κ1) is 22.6. The molecule has 2 aromatic carbocycles. The highest BCUT2D eigenvalue weighted by molar-refractivity contribution is 7.22. The number of nitrogens with zero attached hydrogens (tertiary/aromatic N) is 3. The van der Waals surface area contributed by atoms with E-state index in [1.807, 2.05) is 61.5 Å². The minimum atomic E-state index is -0.322. The van der Waals surface area contributed by atoms with Crippen molar-refractivity contribution >= 4 is 44.3 Å². The number of urea groups is 1. The molecule has 0 bridgehead atoms. The number of hydroxylamine groups is 2. The molecular formula is C27H25N5O3S. The van der Waals surface area contributed by atoms with Crippen LogP contribution in [0.15, 0.2) is 60.8 Å². The third kappa shape index (κ3) is 4.55. The molecular weight excluding hydrogens is 474 g/mol. The van der Waals surface area contributed by atoms with Gasteiger partial charge in [0.15, 0.2) is 5.13 Å². The number of anilines is 2. The monoisotopic (exact) mass is 499 g/mol. The molecule has 8 nitrogen and oxygen atoms in total. The molecule has 1 saturated heterocycles. The van der Waals surface area contributed by atoms with Gasteiger partial charge in [0.1, 0.15) is 0 Å². The summed E-state index contributed by atoms with van der Waals surface area (Å²) in [4.78, 5) is 40.0. The minimum Gasteiger partial charge on any atom is -0.304 e. The molecule has 1 aliphatic carbocycles. The Labute approximate surface area is 212 Å². The summed E-state index contributed by atoms with van der Waals surface area (Å²) >= 11 is 1.46. The molecule has 36 heavy (non-hydrogen) atoms. The lowest BCUT2D eigenvalue weighted by Gasteiger charge is -2.23. The van der Waals surface area contributed by atoms with E-state index in [1.165, 1.54) is 16.4 Å². The molecule has 2 fully saturated rings. The summed E-state index contributed by atoms with van der Waals surface area (Å²) in [5.41, 5.74) is 5.04. The summed E-state index contributed by atoms with van der Waals surface area (Å²) in [7, 11) is 0. The standard InChI is InChI=1S/C27H25N5O3S/c1-16-22(30-27(34)32-23(11-12-35-32)17-5-3-2-4-6-17)13-20(15-28-16)19-9-10-21-24(14-19)36-26(29-21)31-25(33)18-7-8-18/h2-6,9-10,13-15,18,23H,7-8,11-12H2,1H3,(H,30,34)(H,29,31,33)/t23-/m0/s1. The molecule has 1 atom stereocenters. The molecule has 182 valence electrons. The van der Waals surface area contributed by atoms with Gasteiger partial charge in [0.25, 0.3) is 0 Å². The predicted molar refractivity (Wildman–Crippen MR) is 140 cm³/mol. The second kappa shape index (κ2) is 9.33. The van der Waals surface area contributed by atoms with Crippen molar-refractivity contribution in [1.29, 1.82) is 0 Å². The number of fused-ring (bicyclic) bond motifs is 1. The molecule has 1 saturated carbocycles. The van der Waals surface area contributed by atoms with Crippen LogP contribution in [0.2, 0.25) is 0 Å². The number of carbonyl (C=O) groups is 2. The Hall–Kier alpha value is -3.82. The number of hydrogen-bond donors (Lipinski definition) is 2. The highest BCUT2D eigenvalue weighted by atomic mass is 32.1. The van der Waals surface area contributed by atoms with Crippen LogP contribution in [0.25, 0.3) is 21.3 Å². The summed E-state index contributed by atoms with van der Waals surface area (Å²) in [6.07, 6.45) is 4.45. The second-order valence-electron chi connectivity index (χ2n) is 9.13. The molecule has 2 N–H and O–H groups in total. The number of aromatic nitrogens is 2. The van der Waals surface area contributed by atoms with Gasteiger partial charge in [-0.1, -0.05) is 47.7 Å². The molecule has 3 heterocycles. The van der Waals surface area contributed by atoms with E-state index in [9.17, 15) is 9.59 Å². The van der Waals surface area contributed by atoms with Gasteiger partial charge in [0.05, 0.1) is 34.2 Å². The number of aryl methyl sites for hydroxylation is 1. The van der Waals surface area contributed by atoms with Crippen molar-refractivity contribution in [2.45, 2.75) is 32.2 Å². The molecule has 0 unspecified atom stereocenters. The van der Waals surface area contributed by atoms with Gasteiger partial charge in [-0.05, 0) is 49.1 Å². The smallest absolute Gasteiger partial charge is 0.304 e. The van der Waals surface area contributed by atoms with Crippen LogP contribution in [-0.2, 0) is 9.63 Å². The van der Waals surface area contributed by atoms with Crippen molar-refractivity contribution in [3.05, 3.63) is 72.1 Å². The summed E-state index contributed by atoms with van der Waals surface area (Å²) < 4.78 is 0.973. The van der Waals surface area contributed by atoms with E-state index >= 15 is 0 Å². The van der Waals surface area contributed by atoms with Gasteiger partial charge in [0, 0.05) is 24.1 Å². The molecule has 1 aliphatic heterocycles. The Bertz CT molecular complexity index is 1450. The molecule has 2 aliphatic rings. The van der Waals surface area contributed by atoms with Gasteiger partial charge >= 0.3 is 6.03 Å². The summed E-state index contributed by atoms with van der Waals surface area (Å²) in [5.74, 6) is 0.183. The highest BCUT2D eigenvalue weighted by Gasteiger charge is 2.32. The van der Waals surface area contributed by atoms with Crippen LogP contribution >= 0.6 is 11.3 Å². The fourth-order valence-corrected chi connectivity index (χ4v) is 5.25. The SMILES string of the molecule is Cc1ncc(-c2ccc3nc(NC(=O)C4CC4)sc3c2)cc1NC(=O)N1OCC[C@H]1c1ccccc1. The van der Waals surface area contributed by atoms with E-state index in [4.69, 9.17) is 4.84 Å². The number of amides is 3. The van der Waals surface area contributed by atoms with Crippen molar-refractivity contribution in [3.63, 3.8) is 0 Å². The Morgan fingerprint density at radius 2 is 1.86 bits per heavy atom. The van der Waals surface area contributed by atoms with Crippen LogP contribution in [-0.4, -0.2) is 33.6 Å². The van der Waals surface area contributed by atoms with Gasteiger partial charge in [0.2, 0.25) is 5.91 Å². The highest BCUT2D eigenvalue weighted by Crippen LogP contribution is 2.35. The van der Waals surface area contributed by atoms with Gasteiger partial charge in [-0.25, -0.2) is 9.78 Å². The van der Waals surface area contributed by atoms with Crippen LogP contribution in [0.5, 0.6) is 0 Å². The Morgan fingerprint density at radius 1 is 1.03 bits per heavy atom. The van der Waals surface area contributed by atoms with E-state index < -0.39 is 0 Å². The van der Waals surface area contributed by atoms with E-state index in [1.54, 1.807) is 6.20 Å². The van der Waals surface area contributed by atoms with E-state index in [-0.39, 0.29) is 23.9 Å². The molecule has 0 spiro atoms. The quantitative estimate of drug-likeness (QED) is 0.355. The molecule has 3 amide bonds. The van der Waals surface area contributed by atoms with Crippen LogP contribution in [0.4, 0.5) is 15.6 Å². The zero-order valence-electron chi connectivity index (χ0n) is 19.7. The largest absolute Gasteiger partial charge is 0.346 e. The maximum atomic E-state index is 13.1. The first-order valence-electron chi connectivity index (χ1n) is 12.0. The summed E-state index contributed by atoms with van der Waals surface area (Å²) in [6.45, 7) is 2.35. The van der Waals surface area contributed by atoms with Crippen LogP contribution < -0.4 is 10.6 Å². The number of pyridine rings is 1. The van der Waals surface area contributed by atoms with Gasteiger partial charge in [-0.15, -0.1) is 0 Å². The molecule has 4 aromatic rings. The Morgan fingerprint density at radius 3 is 2.67 bits per heavy atom. The average Bonchev–Trinajstić information content (AvgIpc) is 3.49. The van der Waals surface area contributed by atoms with Crippen LogP contribution in [0.1, 0.15) is 36.6 Å². The van der Waals surface area contributed by atoms with Gasteiger partial charge < -0.3 is 10.6 Å². The van der Waals surface area contributed by atoms with Crippen LogP contribution in [0, 0.1) is 12.8 Å². The zero-order chi connectivity index (χ0) is 24.6. The number of hydrogen-bond acceptors (Lipinski definition) is 6. The number of rotatable bonds is 5. The van der Waals surface area contributed by atoms with E-state index in [0.29, 0.717) is 23.1 Å². The zero-order valence-corrected chi connectivity index (χ0v) is 20.5. The lowest BCUT2D eigenvalue weighted by atomic mass is 10.1. The van der Waals surface area contributed by atoms with Crippen molar-refractivity contribution in [3.8, 4) is 11.1 Å². The summed E-state index contributed by atoms with van der Waals surface area (Å²) in [6, 6.07) is 17.3. The third-order valence-electron chi connectivity index (χ3n) is 6.52. The number of carbonyl (C=O) groups excluding carboxylic acids is 2. The molecule has 0 radical (unpaired) electrons.